The zero-order valence-electron chi connectivity index (χ0n) is 18.2. The lowest BCUT2D eigenvalue weighted by molar-refractivity contribution is -0.0391. The third-order valence-corrected chi connectivity index (χ3v) is 7.24. The fraction of sp³-hybridized carbons (Fsp3) is 0.292. The molecule has 1 atom stereocenters. The van der Waals surface area contributed by atoms with Crippen molar-refractivity contribution >= 4 is 66.1 Å². The number of ketones is 1. The van der Waals surface area contributed by atoms with Gasteiger partial charge in [-0.2, -0.15) is 5.10 Å². The fourth-order valence-corrected chi connectivity index (χ4v) is 5.67. The van der Waals surface area contributed by atoms with E-state index in [0.717, 1.165) is 33.8 Å². The molecule has 0 saturated carbocycles. The number of nitrogens with zero attached hydrogens (tertiary/aromatic N) is 4. The van der Waals surface area contributed by atoms with Gasteiger partial charge in [0.25, 0.3) is 0 Å². The summed E-state index contributed by atoms with van der Waals surface area (Å²) >= 11 is 5.13. The van der Waals surface area contributed by atoms with Crippen LogP contribution in [0.3, 0.4) is 0 Å². The standard InChI is InChI=1S/C24H22BrFN4O2S/c1-29(2)13-27-22-16(11-18(25)15-8-10-33-24(15)22)23(31)14-6-7-19(26)21-17(14)12-30(28-21)20-5-3-4-9-32-20/h6-8,10-13,20H,3-5,9H2,1-2H3/b27-13+. The number of aromatic nitrogens is 2. The Kier molecular flexibility index (Phi) is 6.03. The minimum atomic E-state index is -0.461. The Bertz CT molecular complexity index is 1390. The number of hydrogen-bond donors (Lipinski definition) is 0. The molecule has 0 amide bonds. The lowest BCUT2D eigenvalue weighted by Crippen LogP contribution is -2.18. The lowest BCUT2D eigenvalue weighted by atomic mass is 9.98. The van der Waals surface area contributed by atoms with Crippen molar-refractivity contribution < 1.29 is 13.9 Å². The number of ether oxygens (including phenoxy) is 1. The second-order valence-corrected chi connectivity index (χ2v) is 10.0. The minimum absolute atomic E-state index is 0.171. The number of thiophene rings is 1. The topological polar surface area (TPSA) is 59.7 Å². The molecule has 1 saturated heterocycles. The van der Waals surface area contributed by atoms with Crippen molar-refractivity contribution in [3.63, 3.8) is 0 Å². The predicted molar refractivity (Wildman–Crippen MR) is 133 cm³/mol. The molecule has 0 radical (unpaired) electrons. The first-order valence-electron chi connectivity index (χ1n) is 10.7. The number of hydrogen-bond acceptors (Lipinski definition) is 5. The van der Waals surface area contributed by atoms with Gasteiger partial charge in [0.05, 0.1) is 22.3 Å². The van der Waals surface area contributed by atoms with Crippen LogP contribution in [0.25, 0.3) is 21.0 Å². The molecule has 9 heteroatoms. The van der Waals surface area contributed by atoms with Gasteiger partial charge >= 0.3 is 0 Å². The number of carbonyl (C=O) groups excluding carboxylic acids is 1. The maximum absolute atomic E-state index is 14.7. The summed E-state index contributed by atoms with van der Waals surface area (Å²) in [6, 6.07) is 6.62. The van der Waals surface area contributed by atoms with Crippen molar-refractivity contribution in [1.82, 2.24) is 14.7 Å². The van der Waals surface area contributed by atoms with Crippen LogP contribution in [0, 0.1) is 5.82 Å². The Morgan fingerprint density at radius 2 is 2.15 bits per heavy atom. The summed E-state index contributed by atoms with van der Waals surface area (Å²) in [5, 5.41) is 7.88. The summed E-state index contributed by atoms with van der Waals surface area (Å²) in [6.45, 7) is 0.650. The van der Waals surface area contributed by atoms with E-state index in [1.807, 2.05) is 30.4 Å². The van der Waals surface area contributed by atoms with Crippen LogP contribution in [0.5, 0.6) is 0 Å². The van der Waals surface area contributed by atoms with E-state index in [2.05, 4.69) is 26.0 Å². The molecular formula is C24H22BrFN4O2S. The van der Waals surface area contributed by atoms with Gasteiger partial charge in [-0.15, -0.1) is 11.3 Å². The number of aliphatic imine (C=N–C) groups is 1. The average Bonchev–Trinajstić information content (AvgIpc) is 3.47. The molecule has 0 aliphatic carbocycles. The van der Waals surface area contributed by atoms with Crippen molar-refractivity contribution in [2.75, 3.05) is 20.7 Å². The predicted octanol–water partition coefficient (Wildman–Crippen LogP) is 6.30. The van der Waals surface area contributed by atoms with Gasteiger partial charge in [-0.3, -0.25) is 4.79 Å². The summed E-state index contributed by atoms with van der Waals surface area (Å²) in [5.74, 6) is -0.692. The molecule has 6 nitrogen and oxygen atoms in total. The van der Waals surface area contributed by atoms with Crippen LogP contribution < -0.4 is 0 Å². The number of halogens is 2. The zero-order valence-corrected chi connectivity index (χ0v) is 20.6. The quantitative estimate of drug-likeness (QED) is 0.173. The Labute approximate surface area is 202 Å². The largest absolute Gasteiger partial charge is 0.369 e. The highest BCUT2D eigenvalue weighted by Crippen LogP contribution is 2.40. The van der Waals surface area contributed by atoms with Crippen LogP contribution in [0.15, 0.2) is 45.3 Å². The summed E-state index contributed by atoms with van der Waals surface area (Å²) in [6.07, 6.45) is 6.00. The number of carbonyl (C=O) groups is 1. The van der Waals surface area contributed by atoms with E-state index in [0.29, 0.717) is 28.8 Å². The third kappa shape index (κ3) is 4.09. The molecule has 1 fully saturated rings. The monoisotopic (exact) mass is 528 g/mol. The molecule has 0 bridgehead atoms. The molecule has 33 heavy (non-hydrogen) atoms. The first kappa shape index (κ1) is 22.2. The highest BCUT2D eigenvalue weighted by Gasteiger charge is 2.24. The van der Waals surface area contributed by atoms with Crippen LogP contribution in [-0.2, 0) is 4.74 Å². The highest BCUT2D eigenvalue weighted by atomic mass is 79.9. The summed E-state index contributed by atoms with van der Waals surface area (Å²) < 4.78 is 23.9. The molecule has 0 spiro atoms. The molecule has 3 heterocycles. The summed E-state index contributed by atoms with van der Waals surface area (Å²) in [4.78, 5) is 20.3. The van der Waals surface area contributed by atoms with E-state index < -0.39 is 5.82 Å². The number of benzene rings is 2. The summed E-state index contributed by atoms with van der Waals surface area (Å²) in [5.41, 5.74) is 1.61. The van der Waals surface area contributed by atoms with Gasteiger partial charge in [0.15, 0.2) is 11.6 Å². The highest BCUT2D eigenvalue weighted by molar-refractivity contribution is 9.10. The molecule has 5 rings (SSSR count). The number of rotatable bonds is 5. The maximum atomic E-state index is 14.7. The van der Waals surface area contributed by atoms with Gasteiger partial charge in [-0.05, 0) is 48.9 Å². The van der Waals surface area contributed by atoms with E-state index in [1.54, 1.807) is 23.3 Å². The smallest absolute Gasteiger partial charge is 0.196 e. The molecule has 1 unspecified atom stereocenters. The molecule has 4 aromatic rings. The molecule has 1 aliphatic heterocycles. The van der Waals surface area contributed by atoms with Gasteiger partial charge < -0.3 is 9.64 Å². The Balaban J connectivity index is 1.67. The normalized spacial score (nSPS) is 16.8. The van der Waals surface area contributed by atoms with Crippen LogP contribution in [0.1, 0.15) is 41.4 Å². The van der Waals surface area contributed by atoms with Crippen LogP contribution in [-0.4, -0.2) is 47.5 Å². The molecule has 1 aliphatic rings. The van der Waals surface area contributed by atoms with Gasteiger partial charge in [-0.25, -0.2) is 14.1 Å². The molecular weight excluding hydrogens is 507 g/mol. The van der Waals surface area contributed by atoms with E-state index in [4.69, 9.17) is 4.74 Å². The van der Waals surface area contributed by atoms with Crippen LogP contribution in [0.4, 0.5) is 10.1 Å². The minimum Gasteiger partial charge on any atom is -0.369 e. The molecule has 170 valence electrons. The van der Waals surface area contributed by atoms with Crippen molar-refractivity contribution in [2.45, 2.75) is 25.5 Å². The summed E-state index contributed by atoms with van der Waals surface area (Å²) in [7, 11) is 3.75. The average molecular weight is 529 g/mol. The van der Waals surface area contributed by atoms with E-state index in [9.17, 15) is 9.18 Å². The van der Waals surface area contributed by atoms with Gasteiger partial charge in [0.2, 0.25) is 0 Å². The van der Waals surface area contributed by atoms with Crippen LogP contribution in [0.2, 0.25) is 0 Å². The number of fused-ring (bicyclic) bond motifs is 2. The van der Waals surface area contributed by atoms with E-state index in [1.165, 1.54) is 23.5 Å². The van der Waals surface area contributed by atoms with Crippen molar-refractivity contribution in [3.8, 4) is 0 Å². The van der Waals surface area contributed by atoms with Gasteiger partial charge in [-0.1, -0.05) is 15.9 Å². The second-order valence-electron chi connectivity index (χ2n) is 8.24. The van der Waals surface area contributed by atoms with Crippen molar-refractivity contribution in [2.24, 2.45) is 4.99 Å². The first-order valence-corrected chi connectivity index (χ1v) is 12.4. The van der Waals surface area contributed by atoms with Gasteiger partial charge in [0.1, 0.15) is 11.7 Å². The molecule has 2 aromatic carbocycles. The molecule has 2 aromatic heterocycles. The fourth-order valence-electron chi connectivity index (χ4n) is 4.06. The zero-order chi connectivity index (χ0) is 23.1. The first-order chi connectivity index (χ1) is 15.9. The third-order valence-electron chi connectivity index (χ3n) is 5.67. The maximum Gasteiger partial charge on any atom is 0.196 e. The Morgan fingerprint density at radius 3 is 2.91 bits per heavy atom. The van der Waals surface area contributed by atoms with E-state index in [-0.39, 0.29) is 17.5 Å². The lowest BCUT2D eigenvalue weighted by Gasteiger charge is -2.22. The van der Waals surface area contributed by atoms with Crippen LogP contribution >= 0.6 is 27.3 Å². The van der Waals surface area contributed by atoms with Gasteiger partial charge in [0, 0.05) is 47.7 Å². The SMILES string of the molecule is CN(C)/C=N/c1c(C(=O)c2ccc(F)c3nn(C4CCCCO4)cc23)cc(Br)c2ccsc12. The van der Waals surface area contributed by atoms with Crippen molar-refractivity contribution in [1.29, 1.82) is 0 Å². The van der Waals surface area contributed by atoms with E-state index >= 15 is 0 Å². The molecule has 0 N–H and O–H groups in total. The second kappa shape index (κ2) is 8.96. The Hall–Kier alpha value is -2.62. The van der Waals surface area contributed by atoms with Crippen molar-refractivity contribution in [3.05, 3.63) is 57.3 Å². The Morgan fingerprint density at radius 1 is 1.30 bits per heavy atom.